The van der Waals surface area contributed by atoms with Crippen LogP contribution in [0.5, 0.6) is 0 Å². The van der Waals surface area contributed by atoms with E-state index >= 15 is 0 Å². The van der Waals surface area contributed by atoms with Crippen molar-refractivity contribution in [1.29, 1.82) is 0 Å². The molecule has 0 amide bonds. The summed E-state index contributed by atoms with van der Waals surface area (Å²) in [6.07, 6.45) is 0. The highest BCUT2D eigenvalue weighted by molar-refractivity contribution is 7.86. The van der Waals surface area contributed by atoms with Crippen LogP contribution in [0.3, 0.4) is 0 Å². The van der Waals surface area contributed by atoms with E-state index in [1.54, 1.807) is 0 Å². The van der Waals surface area contributed by atoms with E-state index in [0.717, 1.165) is 0 Å². The number of rotatable bonds is 5. The Bertz CT molecular complexity index is 191. The van der Waals surface area contributed by atoms with Crippen LogP contribution in [0.2, 0.25) is 0 Å². The fourth-order valence-electron chi connectivity index (χ4n) is 0.555. The van der Waals surface area contributed by atoms with Crippen LogP contribution in [0, 0.1) is 0 Å². The second-order valence-electron chi connectivity index (χ2n) is 1.98. The Morgan fingerprint density at radius 2 is 2.00 bits per heavy atom. The molecule has 0 fully saturated rings. The van der Waals surface area contributed by atoms with Crippen LogP contribution in [-0.2, 0) is 10.1 Å². The summed E-state index contributed by atoms with van der Waals surface area (Å²) >= 11 is 0. The van der Waals surface area contributed by atoms with Gasteiger partial charge in [0.1, 0.15) is 5.37 Å². The lowest BCUT2D eigenvalue weighted by Gasteiger charge is -2.11. The largest absolute Gasteiger partial charge is 0.329 e. The monoisotopic (exact) mass is 183 g/mol. The van der Waals surface area contributed by atoms with Crippen molar-refractivity contribution in [2.75, 3.05) is 19.6 Å². The summed E-state index contributed by atoms with van der Waals surface area (Å²) in [5.74, 6) is 0. The summed E-state index contributed by atoms with van der Waals surface area (Å²) < 4.78 is 29.4. The van der Waals surface area contributed by atoms with Gasteiger partial charge in [-0.1, -0.05) is 0 Å². The van der Waals surface area contributed by atoms with Gasteiger partial charge >= 0.3 is 0 Å². The maximum atomic E-state index is 10.4. The van der Waals surface area contributed by atoms with Crippen LogP contribution in [0.1, 0.15) is 0 Å². The third-order valence-corrected chi connectivity index (χ3v) is 2.17. The van der Waals surface area contributed by atoms with Crippen molar-refractivity contribution >= 4 is 10.1 Å². The van der Waals surface area contributed by atoms with E-state index < -0.39 is 15.5 Å². The fraction of sp³-hybridized carbons (Fsp3) is 1.00. The molecule has 0 aromatic heterocycles. The fourth-order valence-corrected chi connectivity index (χ4v) is 1.13. The van der Waals surface area contributed by atoms with Crippen molar-refractivity contribution in [3.05, 3.63) is 0 Å². The van der Waals surface area contributed by atoms with Crippen molar-refractivity contribution < 1.29 is 13.0 Å². The molecule has 0 bridgehead atoms. The lowest BCUT2D eigenvalue weighted by molar-refractivity contribution is 0.452. The van der Waals surface area contributed by atoms with Crippen LogP contribution in [0.25, 0.3) is 0 Å². The van der Waals surface area contributed by atoms with Crippen molar-refractivity contribution in [3.63, 3.8) is 0 Å². The van der Waals surface area contributed by atoms with Gasteiger partial charge in [0.2, 0.25) is 0 Å². The van der Waals surface area contributed by atoms with E-state index in [0.29, 0.717) is 13.1 Å². The second-order valence-corrected chi connectivity index (χ2v) is 3.58. The lowest BCUT2D eigenvalue weighted by atomic mass is 10.6. The number of nitrogens with two attached hydrogens (primary N) is 2. The summed E-state index contributed by atoms with van der Waals surface area (Å²) in [5.41, 5.74) is 10.2. The van der Waals surface area contributed by atoms with Gasteiger partial charge in [0.15, 0.2) is 0 Å². The van der Waals surface area contributed by atoms with E-state index in [4.69, 9.17) is 16.0 Å². The zero-order chi connectivity index (χ0) is 8.91. The Morgan fingerprint density at radius 1 is 1.45 bits per heavy atom. The van der Waals surface area contributed by atoms with Gasteiger partial charge in [-0.05, 0) is 0 Å². The molecule has 0 aliphatic carbocycles. The zero-order valence-corrected chi connectivity index (χ0v) is 6.84. The highest BCUT2D eigenvalue weighted by Gasteiger charge is 2.19. The third kappa shape index (κ3) is 4.27. The average Bonchev–Trinajstić information content (AvgIpc) is 1.87. The second kappa shape index (κ2) is 4.62. The van der Waals surface area contributed by atoms with E-state index in [1.807, 2.05) is 0 Å². The smallest absolute Gasteiger partial charge is 0.282 e. The van der Waals surface area contributed by atoms with E-state index in [1.165, 1.54) is 0 Å². The van der Waals surface area contributed by atoms with Crippen LogP contribution in [0.15, 0.2) is 0 Å². The van der Waals surface area contributed by atoms with E-state index in [-0.39, 0.29) is 6.54 Å². The van der Waals surface area contributed by atoms with Crippen molar-refractivity contribution in [2.45, 2.75) is 5.37 Å². The molecule has 68 valence electrons. The molecule has 0 heterocycles. The van der Waals surface area contributed by atoms with Gasteiger partial charge in [0, 0.05) is 19.6 Å². The Labute approximate surface area is 65.7 Å². The van der Waals surface area contributed by atoms with E-state index in [2.05, 4.69) is 5.32 Å². The predicted molar refractivity (Wildman–Crippen MR) is 41.4 cm³/mol. The minimum absolute atomic E-state index is 0.168. The minimum atomic E-state index is -4.08. The SMILES string of the molecule is NCCNC(CN)S(=O)(=O)O. The van der Waals surface area contributed by atoms with Crippen LogP contribution in [-0.4, -0.2) is 38.0 Å². The van der Waals surface area contributed by atoms with Crippen molar-refractivity contribution in [3.8, 4) is 0 Å². The standard InChI is InChI=1S/C4H13N3O3S/c5-1-2-7-4(3-6)11(8,9)10/h4,7H,1-3,5-6H2,(H,8,9,10). The maximum absolute atomic E-state index is 10.4. The molecule has 6 N–H and O–H groups in total. The number of hydrogen-bond donors (Lipinski definition) is 4. The lowest BCUT2D eigenvalue weighted by Crippen LogP contribution is -2.44. The molecule has 0 spiro atoms. The number of hydrogen-bond acceptors (Lipinski definition) is 5. The predicted octanol–water partition coefficient (Wildman–Crippen LogP) is -2.29. The average molecular weight is 183 g/mol. The molecular weight excluding hydrogens is 170 g/mol. The molecule has 0 aliphatic rings. The Kier molecular flexibility index (Phi) is 4.54. The molecule has 0 aromatic rings. The van der Waals surface area contributed by atoms with Gasteiger partial charge in [-0.25, -0.2) is 0 Å². The molecule has 0 rings (SSSR count). The molecule has 1 atom stereocenters. The first-order valence-corrected chi connectivity index (χ1v) is 4.62. The minimum Gasteiger partial charge on any atom is -0.329 e. The first kappa shape index (κ1) is 10.8. The normalized spacial score (nSPS) is 14.8. The molecule has 0 aromatic carbocycles. The quantitative estimate of drug-likeness (QED) is 0.356. The molecule has 0 aliphatic heterocycles. The van der Waals surface area contributed by atoms with Gasteiger partial charge in [0.05, 0.1) is 0 Å². The van der Waals surface area contributed by atoms with Gasteiger partial charge in [-0.2, -0.15) is 8.42 Å². The summed E-state index contributed by atoms with van der Waals surface area (Å²) in [6.45, 7) is 0.437. The topological polar surface area (TPSA) is 118 Å². The summed E-state index contributed by atoms with van der Waals surface area (Å²) in [6, 6.07) is 0. The van der Waals surface area contributed by atoms with Crippen LogP contribution in [0.4, 0.5) is 0 Å². The molecular formula is C4H13N3O3S. The Balaban J connectivity index is 3.97. The van der Waals surface area contributed by atoms with Crippen LogP contribution >= 0.6 is 0 Å². The van der Waals surface area contributed by atoms with Gasteiger partial charge < -0.3 is 11.5 Å². The molecule has 0 saturated heterocycles. The molecule has 0 saturated carbocycles. The third-order valence-electron chi connectivity index (χ3n) is 1.09. The Hall–Kier alpha value is -0.210. The van der Waals surface area contributed by atoms with Crippen LogP contribution < -0.4 is 16.8 Å². The van der Waals surface area contributed by atoms with E-state index in [9.17, 15) is 8.42 Å². The molecule has 11 heavy (non-hydrogen) atoms. The maximum Gasteiger partial charge on any atom is 0.282 e. The molecule has 1 unspecified atom stereocenters. The highest BCUT2D eigenvalue weighted by atomic mass is 32.2. The highest BCUT2D eigenvalue weighted by Crippen LogP contribution is 1.90. The zero-order valence-electron chi connectivity index (χ0n) is 6.03. The Morgan fingerprint density at radius 3 is 2.27 bits per heavy atom. The van der Waals surface area contributed by atoms with Gasteiger partial charge in [0.25, 0.3) is 10.1 Å². The molecule has 0 radical (unpaired) electrons. The summed E-state index contributed by atoms with van der Waals surface area (Å²) in [4.78, 5) is 0. The number of nitrogens with one attached hydrogen (secondary N) is 1. The molecule has 6 nitrogen and oxygen atoms in total. The summed E-state index contributed by atoms with van der Waals surface area (Å²) in [7, 11) is -4.08. The van der Waals surface area contributed by atoms with Crippen molar-refractivity contribution in [1.82, 2.24) is 5.32 Å². The molecule has 7 heteroatoms. The van der Waals surface area contributed by atoms with Gasteiger partial charge in [-0.15, -0.1) is 0 Å². The first-order valence-electron chi connectivity index (χ1n) is 3.12. The first-order chi connectivity index (χ1) is 5.02. The van der Waals surface area contributed by atoms with Gasteiger partial charge in [-0.3, -0.25) is 9.87 Å². The summed E-state index contributed by atoms with van der Waals surface area (Å²) in [5, 5.41) is 1.37. The van der Waals surface area contributed by atoms with Crippen molar-refractivity contribution in [2.24, 2.45) is 11.5 Å².